The zero-order valence-corrected chi connectivity index (χ0v) is 8.65. The van der Waals surface area contributed by atoms with Crippen molar-refractivity contribution < 1.29 is 4.74 Å². The van der Waals surface area contributed by atoms with Crippen LogP contribution in [0.25, 0.3) is 0 Å². The number of methoxy groups -OCH3 is 1. The van der Waals surface area contributed by atoms with Gasteiger partial charge in [-0.3, -0.25) is 0 Å². The maximum atomic E-state index is 5.44. The molecule has 70 valence electrons. The van der Waals surface area contributed by atoms with Gasteiger partial charge in [0.2, 0.25) is 0 Å². The molecule has 0 fully saturated rings. The van der Waals surface area contributed by atoms with E-state index in [9.17, 15) is 0 Å². The Morgan fingerprint density at radius 3 is 2.77 bits per heavy atom. The van der Waals surface area contributed by atoms with Crippen LogP contribution in [0.2, 0.25) is 0 Å². The number of rotatable bonds is 3. The second-order valence-corrected chi connectivity index (χ2v) is 3.47. The molecule has 0 unspecified atom stereocenters. The van der Waals surface area contributed by atoms with E-state index in [1.165, 1.54) is 0 Å². The second kappa shape index (κ2) is 4.23. The molecule has 13 heavy (non-hydrogen) atoms. The fraction of sp³-hybridized carbons (Fsp3) is 0.300. The van der Waals surface area contributed by atoms with Gasteiger partial charge < -0.3 is 10.5 Å². The Hall–Kier alpha value is -1.09. The van der Waals surface area contributed by atoms with Gasteiger partial charge >= 0.3 is 0 Å². The Kier molecular flexibility index (Phi) is 3.25. The lowest BCUT2D eigenvalue weighted by molar-refractivity contribution is 0.411. The molecule has 0 saturated carbocycles. The molecule has 0 aliphatic heterocycles. The van der Waals surface area contributed by atoms with Crippen LogP contribution in [0.15, 0.2) is 18.2 Å². The third-order valence-corrected chi connectivity index (χ3v) is 2.00. The van der Waals surface area contributed by atoms with Crippen molar-refractivity contribution in [3.63, 3.8) is 0 Å². The van der Waals surface area contributed by atoms with Crippen LogP contribution in [0.1, 0.15) is 11.1 Å². The number of thiocarbonyl (C=S) groups is 1. The van der Waals surface area contributed by atoms with Gasteiger partial charge in [0, 0.05) is 6.42 Å². The first-order valence-corrected chi connectivity index (χ1v) is 4.46. The zero-order chi connectivity index (χ0) is 9.84. The van der Waals surface area contributed by atoms with Crippen LogP contribution < -0.4 is 10.5 Å². The highest BCUT2D eigenvalue weighted by Crippen LogP contribution is 2.19. The van der Waals surface area contributed by atoms with Crippen molar-refractivity contribution in [1.29, 1.82) is 0 Å². The smallest absolute Gasteiger partial charge is 0.122 e. The Labute approximate surface area is 83.7 Å². The Balaban J connectivity index is 2.92. The molecule has 0 amide bonds. The van der Waals surface area contributed by atoms with Crippen molar-refractivity contribution >= 4 is 17.2 Å². The summed E-state index contributed by atoms with van der Waals surface area (Å²) in [5.74, 6) is 0.883. The number of ether oxygens (including phenoxy) is 1. The molecule has 0 heterocycles. The van der Waals surface area contributed by atoms with E-state index in [-0.39, 0.29) is 0 Å². The van der Waals surface area contributed by atoms with Gasteiger partial charge in [0.1, 0.15) is 5.75 Å². The normalized spacial score (nSPS) is 9.69. The molecule has 0 radical (unpaired) electrons. The predicted molar refractivity (Wildman–Crippen MR) is 58.2 cm³/mol. The number of hydrogen-bond acceptors (Lipinski definition) is 2. The van der Waals surface area contributed by atoms with Gasteiger partial charge in [-0.2, -0.15) is 0 Å². The molecule has 0 aliphatic rings. The van der Waals surface area contributed by atoms with E-state index in [1.54, 1.807) is 7.11 Å². The van der Waals surface area contributed by atoms with Crippen LogP contribution in [0.3, 0.4) is 0 Å². The largest absolute Gasteiger partial charge is 0.496 e. The van der Waals surface area contributed by atoms with Crippen molar-refractivity contribution in [2.45, 2.75) is 13.3 Å². The molecule has 1 aromatic rings. The summed E-state index contributed by atoms with van der Waals surface area (Å²) in [7, 11) is 1.66. The Morgan fingerprint density at radius 1 is 1.54 bits per heavy atom. The average molecular weight is 195 g/mol. The molecule has 1 rings (SSSR count). The number of nitrogens with two attached hydrogens (primary N) is 1. The van der Waals surface area contributed by atoms with E-state index in [1.807, 2.05) is 25.1 Å². The first kappa shape index (κ1) is 9.99. The quantitative estimate of drug-likeness (QED) is 0.747. The van der Waals surface area contributed by atoms with E-state index >= 15 is 0 Å². The van der Waals surface area contributed by atoms with Gasteiger partial charge in [-0.15, -0.1) is 0 Å². The molecule has 2 N–H and O–H groups in total. The highest BCUT2D eigenvalue weighted by atomic mass is 32.1. The summed E-state index contributed by atoms with van der Waals surface area (Å²) in [5, 5.41) is 0. The van der Waals surface area contributed by atoms with Gasteiger partial charge in [-0.1, -0.05) is 24.4 Å². The first-order chi connectivity index (χ1) is 6.13. The number of aryl methyl sites for hydroxylation is 1. The standard InChI is InChI=1S/C10H13NOS/c1-7-3-4-8(6-10(11)13)5-9(7)12-2/h3-5H,6H2,1-2H3,(H2,11,13). The SMILES string of the molecule is COc1cc(CC(N)=S)ccc1C. The molecule has 1 aromatic carbocycles. The summed E-state index contributed by atoms with van der Waals surface area (Å²) in [6, 6.07) is 5.98. The second-order valence-electron chi connectivity index (χ2n) is 2.95. The summed E-state index contributed by atoms with van der Waals surface area (Å²) in [4.78, 5) is 0.505. The number of benzene rings is 1. The van der Waals surface area contributed by atoms with Crippen LogP contribution in [0.5, 0.6) is 5.75 Å². The van der Waals surface area contributed by atoms with E-state index in [0.29, 0.717) is 11.4 Å². The van der Waals surface area contributed by atoms with Crippen LogP contribution in [-0.4, -0.2) is 12.1 Å². The third-order valence-electron chi connectivity index (χ3n) is 1.85. The van der Waals surface area contributed by atoms with Gasteiger partial charge in [0.25, 0.3) is 0 Å². The third kappa shape index (κ3) is 2.70. The maximum absolute atomic E-state index is 5.44. The van der Waals surface area contributed by atoms with Crippen LogP contribution in [0, 0.1) is 6.92 Å². The van der Waals surface area contributed by atoms with Crippen molar-refractivity contribution in [3.05, 3.63) is 29.3 Å². The van der Waals surface area contributed by atoms with E-state index in [2.05, 4.69) is 0 Å². The van der Waals surface area contributed by atoms with Crippen LogP contribution in [0.4, 0.5) is 0 Å². The zero-order valence-electron chi connectivity index (χ0n) is 7.83. The fourth-order valence-corrected chi connectivity index (χ4v) is 1.34. The highest BCUT2D eigenvalue weighted by Gasteiger charge is 2.00. The molecular formula is C10H13NOS. The minimum absolute atomic E-state index is 0.505. The minimum Gasteiger partial charge on any atom is -0.496 e. The highest BCUT2D eigenvalue weighted by molar-refractivity contribution is 7.80. The van der Waals surface area contributed by atoms with Crippen molar-refractivity contribution in [3.8, 4) is 5.75 Å². The van der Waals surface area contributed by atoms with Crippen molar-refractivity contribution in [2.24, 2.45) is 5.73 Å². The summed E-state index contributed by atoms with van der Waals surface area (Å²) < 4.78 is 5.18. The van der Waals surface area contributed by atoms with E-state index in [0.717, 1.165) is 16.9 Å². The molecular weight excluding hydrogens is 182 g/mol. The molecule has 0 aromatic heterocycles. The summed E-state index contributed by atoms with van der Waals surface area (Å²) in [5.41, 5.74) is 7.66. The molecule has 2 nitrogen and oxygen atoms in total. The van der Waals surface area contributed by atoms with E-state index in [4.69, 9.17) is 22.7 Å². The predicted octanol–water partition coefficient (Wildman–Crippen LogP) is 1.83. The number of hydrogen-bond donors (Lipinski definition) is 1. The first-order valence-electron chi connectivity index (χ1n) is 4.05. The lowest BCUT2D eigenvalue weighted by Gasteiger charge is -2.06. The van der Waals surface area contributed by atoms with Gasteiger partial charge in [-0.05, 0) is 24.1 Å². The van der Waals surface area contributed by atoms with Gasteiger partial charge in [0.05, 0.1) is 12.1 Å². The van der Waals surface area contributed by atoms with Gasteiger partial charge in [-0.25, -0.2) is 0 Å². The average Bonchev–Trinajstić information content (AvgIpc) is 2.07. The monoisotopic (exact) mass is 195 g/mol. The topological polar surface area (TPSA) is 35.2 Å². The molecule has 0 bridgehead atoms. The summed E-state index contributed by atoms with van der Waals surface area (Å²) in [6.45, 7) is 2.00. The summed E-state index contributed by atoms with van der Waals surface area (Å²) >= 11 is 4.83. The molecule has 0 atom stereocenters. The van der Waals surface area contributed by atoms with Crippen LogP contribution >= 0.6 is 12.2 Å². The molecule has 0 spiro atoms. The molecule has 3 heteroatoms. The fourth-order valence-electron chi connectivity index (χ4n) is 1.18. The van der Waals surface area contributed by atoms with Gasteiger partial charge in [0.15, 0.2) is 0 Å². The van der Waals surface area contributed by atoms with E-state index < -0.39 is 0 Å². The molecule has 0 aliphatic carbocycles. The molecule has 0 saturated heterocycles. The van der Waals surface area contributed by atoms with Crippen molar-refractivity contribution in [2.75, 3.05) is 7.11 Å². The maximum Gasteiger partial charge on any atom is 0.122 e. The summed E-state index contributed by atoms with van der Waals surface area (Å²) in [6.07, 6.45) is 0.631. The minimum atomic E-state index is 0.505. The van der Waals surface area contributed by atoms with Crippen LogP contribution in [-0.2, 0) is 6.42 Å². The lowest BCUT2D eigenvalue weighted by Crippen LogP contribution is -2.11. The lowest BCUT2D eigenvalue weighted by atomic mass is 10.1. The van der Waals surface area contributed by atoms with Crippen molar-refractivity contribution in [1.82, 2.24) is 0 Å². The Bertz CT molecular complexity index is 323. The Morgan fingerprint density at radius 2 is 2.23 bits per heavy atom.